The van der Waals surface area contributed by atoms with Gasteiger partial charge in [-0.25, -0.2) is 4.79 Å². The van der Waals surface area contributed by atoms with Crippen LogP contribution in [-0.2, 0) is 16.5 Å². The highest BCUT2D eigenvalue weighted by Crippen LogP contribution is 2.35. The molecule has 0 radical (unpaired) electrons. The number of alkyl halides is 3. The summed E-state index contributed by atoms with van der Waals surface area (Å²) in [5, 5.41) is 12.1. The van der Waals surface area contributed by atoms with Crippen molar-refractivity contribution in [3.8, 4) is 0 Å². The molecule has 98 valence electrons. The number of rotatable bonds is 2. The summed E-state index contributed by atoms with van der Waals surface area (Å²) in [6.07, 6.45) is -3.54. The molecule has 1 fully saturated rings. The van der Waals surface area contributed by atoms with Crippen LogP contribution < -0.4 is 5.32 Å². The third kappa shape index (κ3) is 2.08. The van der Waals surface area contributed by atoms with Gasteiger partial charge in [-0.15, -0.1) is 0 Å². The lowest BCUT2D eigenvalue weighted by Gasteiger charge is -2.25. The molecule has 0 bridgehead atoms. The summed E-state index contributed by atoms with van der Waals surface area (Å²) in [5.41, 5.74) is -2.06. The third-order valence-corrected chi connectivity index (χ3v) is 3.20. The van der Waals surface area contributed by atoms with Crippen LogP contribution in [0.25, 0.3) is 0 Å². The molecule has 1 aromatic rings. The Hall–Kier alpha value is -1.56. The predicted octanol–water partition coefficient (Wildman–Crippen LogP) is 2.37. The van der Waals surface area contributed by atoms with Gasteiger partial charge < -0.3 is 5.11 Å². The van der Waals surface area contributed by atoms with Gasteiger partial charge in [0.25, 0.3) is 0 Å². The van der Waals surface area contributed by atoms with Crippen molar-refractivity contribution in [1.82, 2.24) is 5.32 Å². The van der Waals surface area contributed by atoms with Gasteiger partial charge in [0.2, 0.25) is 0 Å². The molecule has 1 heterocycles. The number of carboxylic acid groups (broad SMARTS) is 1. The van der Waals surface area contributed by atoms with Crippen LogP contribution in [0.2, 0.25) is 0 Å². The molecule has 1 unspecified atom stereocenters. The van der Waals surface area contributed by atoms with Gasteiger partial charge in [-0.1, -0.05) is 12.1 Å². The van der Waals surface area contributed by atoms with E-state index in [1.165, 1.54) is 12.1 Å². The number of carbonyl (C=O) groups is 1. The lowest BCUT2D eigenvalue weighted by molar-refractivity contribution is -0.145. The minimum Gasteiger partial charge on any atom is -0.480 e. The van der Waals surface area contributed by atoms with E-state index in [-0.39, 0.29) is 5.56 Å². The molecule has 1 aliphatic heterocycles. The number of hydrogen-bond donors (Lipinski definition) is 2. The Morgan fingerprint density at radius 1 is 1.39 bits per heavy atom. The van der Waals surface area contributed by atoms with Crippen molar-refractivity contribution < 1.29 is 23.1 Å². The van der Waals surface area contributed by atoms with E-state index in [1.807, 2.05) is 0 Å². The fourth-order valence-electron chi connectivity index (χ4n) is 2.26. The second kappa shape index (κ2) is 4.28. The molecule has 0 aliphatic carbocycles. The van der Waals surface area contributed by atoms with Crippen LogP contribution in [0.1, 0.15) is 24.0 Å². The number of aliphatic carboxylic acids is 1. The van der Waals surface area contributed by atoms with Gasteiger partial charge in [0, 0.05) is 0 Å². The monoisotopic (exact) mass is 259 g/mol. The van der Waals surface area contributed by atoms with Gasteiger partial charge in [0.15, 0.2) is 0 Å². The first kappa shape index (κ1) is 12.9. The first-order valence-corrected chi connectivity index (χ1v) is 5.52. The van der Waals surface area contributed by atoms with Crippen LogP contribution in [0, 0.1) is 0 Å². The third-order valence-electron chi connectivity index (χ3n) is 3.20. The van der Waals surface area contributed by atoms with Crippen LogP contribution in [0.4, 0.5) is 13.2 Å². The Morgan fingerprint density at radius 3 is 2.61 bits per heavy atom. The molecule has 6 heteroatoms. The number of benzene rings is 1. The van der Waals surface area contributed by atoms with Gasteiger partial charge in [-0.05, 0) is 37.1 Å². The van der Waals surface area contributed by atoms with E-state index in [1.54, 1.807) is 0 Å². The van der Waals surface area contributed by atoms with Crippen molar-refractivity contribution in [2.75, 3.05) is 6.54 Å². The quantitative estimate of drug-likeness (QED) is 0.857. The van der Waals surface area contributed by atoms with E-state index in [9.17, 15) is 23.1 Å². The fourth-order valence-corrected chi connectivity index (χ4v) is 2.26. The van der Waals surface area contributed by atoms with Gasteiger partial charge in [0.05, 0.1) is 5.56 Å². The fraction of sp³-hybridized carbons (Fsp3) is 0.417. The van der Waals surface area contributed by atoms with Crippen molar-refractivity contribution in [3.63, 3.8) is 0 Å². The van der Waals surface area contributed by atoms with Crippen molar-refractivity contribution in [2.45, 2.75) is 24.6 Å². The van der Waals surface area contributed by atoms with E-state index < -0.39 is 23.2 Å². The SMILES string of the molecule is O=C(O)C1(c2cccc(C(F)(F)F)c2)CCCN1. The minimum absolute atomic E-state index is 0.155. The summed E-state index contributed by atoms with van der Waals surface area (Å²) in [6.45, 7) is 0.489. The van der Waals surface area contributed by atoms with E-state index in [0.29, 0.717) is 19.4 Å². The highest BCUT2D eigenvalue weighted by molar-refractivity contribution is 5.81. The first-order chi connectivity index (χ1) is 8.36. The molecule has 1 saturated heterocycles. The van der Waals surface area contributed by atoms with Crippen molar-refractivity contribution in [1.29, 1.82) is 0 Å². The molecule has 3 nitrogen and oxygen atoms in total. The lowest BCUT2D eigenvalue weighted by atomic mass is 9.87. The average Bonchev–Trinajstić information content (AvgIpc) is 2.78. The lowest BCUT2D eigenvalue weighted by Crippen LogP contribution is -2.44. The van der Waals surface area contributed by atoms with Crippen LogP contribution in [-0.4, -0.2) is 17.6 Å². The average molecular weight is 259 g/mol. The number of halogens is 3. The maximum atomic E-state index is 12.6. The van der Waals surface area contributed by atoms with Gasteiger partial charge in [-0.2, -0.15) is 13.2 Å². The molecule has 2 rings (SSSR count). The summed E-state index contributed by atoms with van der Waals surface area (Å²) in [5.74, 6) is -1.14. The Balaban J connectivity index is 2.47. The first-order valence-electron chi connectivity index (χ1n) is 5.52. The molecule has 1 atom stereocenters. The normalized spacial score (nSPS) is 24.2. The van der Waals surface area contributed by atoms with E-state index in [4.69, 9.17) is 0 Å². The molecule has 1 aliphatic rings. The summed E-state index contributed by atoms with van der Waals surface area (Å²) in [7, 11) is 0. The molecular formula is C12H12F3NO2. The highest BCUT2D eigenvalue weighted by Gasteiger charge is 2.43. The number of hydrogen-bond acceptors (Lipinski definition) is 2. The molecule has 0 amide bonds. The van der Waals surface area contributed by atoms with E-state index >= 15 is 0 Å². The number of carboxylic acids is 1. The van der Waals surface area contributed by atoms with Gasteiger partial charge in [0.1, 0.15) is 5.54 Å². The van der Waals surface area contributed by atoms with Crippen molar-refractivity contribution in [3.05, 3.63) is 35.4 Å². The van der Waals surface area contributed by atoms with Crippen LogP contribution in [0.5, 0.6) is 0 Å². The van der Waals surface area contributed by atoms with Crippen molar-refractivity contribution >= 4 is 5.97 Å². The zero-order valence-electron chi connectivity index (χ0n) is 9.42. The standard InChI is InChI=1S/C12H12F3NO2/c13-12(14,15)9-4-1-3-8(7-9)11(10(17)18)5-2-6-16-11/h1,3-4,7,16H,2,5-6H2,(H,17,18). The van der Waals surface area contributed by atoms with Gasteiger partial charge >= 0.3 is 12.1 Å². The maximum Gasteiger partial charge on any atom is 0.416 e. The van der Waals surface area contributed by atoms with E-state index in [2.05, 4.69) is 5.32 Å². The topological polar surface area (TPSA) is 49.3 Å². The van der Waals surface area contributed by atoms with Crippen LogP contribution >= 0.6 is 0 Å². The van der Waals surface area contributed by atoms with Crippen LogP contribution in [0.15, 0.2) is 24.3 Å². The van der Waals surface area contributed by atoms with E-state index in [0.717, 1.165) is 12.1 Å². The summed E-state index contributed by atoms with van der Waals surface area (Å²) in [4.78, 5) is 11.3. The Labute approximate surface area is 102 Å². The summed E-state index contributed by atoms with van der Waals surface area (Å²) < 4.78 is 37.8. The van der Waals surface area contributed by atoms with Gasteiger partial charge in [-0.3, -0.25) is 5.32 Å². The number of nitrogens with one attached hydrogen (secondary N) is 1. The summed E-state index contributed by atoms with van der Waals surface area (Å²) in [6, 6.07) is 4.50. The molecule has 1 aromatic carbocycles. The largest absolute Gasteiger partial charge is 0.480 e. The molecule has 0 aromatic heterocycles. The molecular weight excluding hydrogens is 247 g/mol. The Morgan fingerprint density at radius 2 is 2.11 bits per heavy atom. The molecule has 0 spiro atoms. The highest BCUT2D eigenvalue weighted by atomic mass is 19.4. The smallest absolute Gasteiger partial charge is 0.416 e. The zero-order valence-corrected chi connectivity index (χ0v) is 9.42. The summed E-state index contributed by atoms with van der Waals surface area (Å²) >= 11 is 0. The van der Waals surface area contributed by atoms with Crippen LogP contribution in [0.3, 0.4) is 0 Å². The second-order valence-corrected chi connectivity index (χ2v) is 4.32. The molecule has 18 heavy (non-hydrogen) atoms. The zero-order chi connectivity index (χ0) is 13.4. The molecule has 0 saturated carbocycles. The minimum atomic E-state index is -4.46. The predicted molar refractivity (Wildman–Crippen MR) is 58.0 cm³/mol. The molecule has 2 N–H and O–H groups in total. The second-order valence-electron chi connectivity index (χ2n) is 4.32. The maximum absolute atomic E-state index is 12.6. The Kier molecular flexibility index (Phi) is 3.06. The Bertz CT molecular complexity index is 465. The van der Waals surface area contributed by atoms with Crippen molar-refractivity contribution in [2.24, 2.45) is 0 Å².